The molecule has 0 bridgehead atoms. The van der Waals surface area contributed by atoms with Gasteiger partial charge in [-0.25, -0.2) is 18.7 Å². The lowest BCUT2D eigenvalue weighted by Crippen LogP contribution is -2.47. The van der Waals surface area contributed by atoms with Gasteiger partial charge in [0.15, 0.2) is 5.82 Å². The van der Waals surface area contributed by atoms with Gasteiger partial charge in [0, 0.05) is 30.4 Å². The minimum absolute atomic E-state index is 0.117. The largest absolute Gasteiger partial charge is 0.491 e. The summed E-state index contributed by atoms with van der Waals surface area (Å²) in [7, 11) is 1.77. The molecule has 0 amide bonds. The van der Waals surface area contributed by atoms with Crippen molar-refractivity contribution in [3.63, 3.8) is 0 Å². The highest BCUT2D eigenvalue weighted by atomic mass is 19.3. The number of aromatic nitrogens is 3. The smallest absolute Gasteiger partial charge is 0.251 e. The van der Waals surface area contributed by atoms with Gasteiger partial charge >= 0.3 is 0 Å². The van der Waals surface area contributed by atoms with E-state index in [1.807, 2.05) is 49.9 Å². The Balaban J connectivity index is 1.66. The minimum atomic E-state index is -2.39. The molecule has 1 aliphatic rings. The predicted molar refractivity (Wildman–Crippen MR) is 143 cm³/mol. The lowest BCUT2D eigenvalue weighted by molar-refractivity contribution is -0.0347. The molecule has 1 fully saturated rings. The summed E-state index contributed by atoms with van der Waals surface area (Å²) < 4.78 is 43.2. The Labute approximate surface area is 227 Å². The highest BCUT2D eigenvalue weighted by Gasteiger charge is 2.27. The van der Waals surface area contributed by atoms with Gasteiger partial charge in [-0.3, -0.25) is 4.90 Å². The molecule has 0 aliphatic carbocycles. The summed E-state index contributed by atoms with van der Waals surface area (Å²) in [5, 5.41) is 17.0. The van der Waals surface area contributed by atoms with E-state index in [2.05, 4.69) is 10.5 Å². The summed E-state index contributed by atoms with van der Waals surface area (Å²) in [6, 6.07) is 7.31. The zero-order chi connectivity index (χ0) is 27.9. The summed E-state index contributed by atoms with van der Waals surface area (Å²) in [6.07, 6.45) is -1.84. The van der Waals surface area contributed by atoms with E-state index in [0.29, 0.717) is 56.5 Å². The van der Waals surface area contributed by atoms with Crippen molar-refractivity contribution in [2.45, 2.75) is 52.2 Å². The van der Waals surface area contributed by atoms with Gasteiger partial charge in [-0.2, -0.15) is 0 Å². The first-order chi connectivity index (χ1) is 18.8. The zero-order valence-electron chi connectivity index (χ0n) is 22.9. The lowest BCUT2D eigenvalue weighted by atomic mass is 9.99. The van der Waals surface area contributed by atoms with Gasteiger partial charge in [-0.05, 0) is 58.4 Å². The van der Waals surface area contributed by atoms with Crippen LogP contribution in [0.25, 0.3) is 22.6 Å². The average Bonchev–Trinajstić information content (AvgIpc) is 3.25. The van der Waals surface area contributed by atoms with Crippen molar-refractivity contribution < 1.29 is 27.9 Å². The number of aliphatic hydroxyl groups excluding tert-OH is 1. The normalized spacial score (nSPS) is 17.1. The number of halogens is 2. The molecule has 212 valence electrons. The monoisotopic (exact) mass is 545 g/mol. The van der Waals surface area contributed by atoms with Crippen LogP contribution in [0.2, 0.25) is 0 Å². The third-order valence-corrected chi connectivity index (χ3v) is 6.93. The molecule has 1 saturated heterocycles. The van der Waals surface area contributed by atoms with Crippen LogP contribution in [0.3, 0.4) is 0 Å². The van der Waals surface area contributed by atoms with Crippen LogP contribution in [-0.4, -0.2) is 90.2 Å². The van der Waals surface area contributed by atoms with Crippen molar-refractivity contribution in [1.29, 1.82) is 0 Å². The van der Waals surface area contributed by atoms with Gasteiger partial charge in [0.1, 0.15) is 24.2 Å². The third-order valence-electron chi connectivity index (χ3n) is 6.93. The topological polar surface area (TPSA) is 106 Å². The second-order valence-corrected chi connectivity index (χ2v) is 9.87. The summed E-state index contributed by atoms with van der Waals surface area (Å²) in [5.74, 6) is 1.76. The number of morpholine rings is 1. The fourth-order valence-corrected chi connectivity index (χ4v) is 4.89. The quantitative estimate of drug-likeness (QED) is 0.353. The summed E-state index contributed by atoms with van der Waals surface area (Å²) >= 11 is 0. The fraction of sp³-hybridized carbons (Fsp3) is 0.536. The molecule has 1 aromatic carbocycles. The van der Waals surface area contributed by atoms with E-state index in [9.17, 15) is 13.9 Å². The average molecular weight is 546 g/mol. The van der Waals surface area contributed by atoms with Crippen LogP contribution in [0.15, 0.2) is 28.8 Å². The Kier molecular flexibility index (Phi) is 9.95. The highest BCUT2D eigenvalue weighted by Crippen LogP contribution is 2.32. The van der Waals surface area contributed by atoms with E-state index < -0.39 is 12.5 Å². The Hall–Kier alpha value is -2.99. The molecule has 2 atom stereocenters. The molecule has 11 heteroatoms. The highest BCUT2D eigenvalue weighted by molar-refractivity contribution is 5.70. The van der Waals surface area contributed by atoms with Gasteiger partial charge in [0.25, 0.3) is 6.43 Å². The van der Waals surface area contributed by atoms with Crippen molar-refractivity contribution in [2.75, 3.05) is 46.5 Å². The second-order valence-electron chi connectivity index (χ2n) is 9.87. The van der Waals surface area contributed by atoms with Gasteiger partial charge in [-0.15, -0.1) is 0 Å². The van der Waals surface area contributed by atoms with Crippen molar-refractivity contribution in [3.8, 4) is 28.4 Å². The number of aliphatic hydroxyl groups is 1. The number of nitrogens with zero attached hydrogens (tertiary/aromatic N) is 4. The molecular formula is C28H37F2N5O4. The Morgan fingerprint density at radius 2 is 2.05 bits per heavy atom. The van der Waals surface area contributed by atoms with Crippen LogP contribution in [0, 0.1) is 20.8 Å². The second kappa shape index (κ2) is 13.4. The maximum atomic E-state index is 13.2. The minimum Gasteiger partial charge on any atom is -0.491 e. The number of nitrogens with one attached hydrogen (secondary N) is 1. The van der Waals surface area contributed by atoms with Gasteiger partial charge in [-0.1, -0.05) is 17.3 Å². The number of hydrogen-bond acceptors (Lipinski definition) is 9. The molecule has 2 N–H and O–H groups in total. The predicted octanol–water partition coefficient (Wildman–Crippen LogP) is 3.58. The van der Waals surface area contributed by atoms with E-state index in [0.717, 1.165) is 33.8 Å². The van der Waals surface area contributed by atoms with Crippen molar-refractivity contribution >= 4 is 0 Å². The molecule has 0 saturated carbocycles. The van der Waals surface area contributed by atoms with Crippen molar-refractivity contribution in [1.82, 2.24) is 25.3 Å². The first-order valence-corrected chi connectivity index (χ1v) is 13.2. The van der Waals surface area contributed by atoms with E-state index >= 15 is 0 Å². The molecule has 2 aromatic heterocycles. The molecule has 39 heavy (non-hydrogen) atoms. The Morgan fingerprint density at radius 1 is 1.23 bits per heavy atom. The first-order valence-electron chi connectivity index (χ1n) is 13.2. The van der Waals surface area contributed by atoms with Gasteiger partial charge < -0.3 is 24.4 Å². The molecule has 4 rings (SSSR count). The van der Waals surface area contributed by atoms with E-state index in [1.165, 1.54) is 0 Å². The molecule has 9 nitrogen and oxygen atoms in total. The van der Waals surface area contributed by atoms with Crippen LogP contribution >= 0.6 is 0 Å². The van der Waals surface area contributed by atoms with Gasteiger partial charge in [0.2, 0.25) is 0 Å². The molecule has 3 heterocycles. The van der Waals surface area contributed by atoms with E-state index in [4.69, 9.17) is 24.0 Å². The van der Waals surface area contributed by atoms with Crippen molar-refractivity contribution in [3.05, 3.63) is 47.0 Å². The number of ether oxygens (including phenoxy) is 2. The van der Waals surface area contributed by atoms with Crippen LogP contribution in [0.4, 0.5) is 8.78 Å². The molecular weight excluding hydrogens is 508 g/mol. The van der Waals surface area contributed by atoms with Crippen molar-refractivity contribution in [2.24, 2.45) is 0 Å². The third kappa shape index (κ3) is 7.36. The van der Waals surface area contributed by atoms with Crippen LogP contribution in [-0.2, 0) is 11.2 Å². The molecule has 3 aromatic rings. The molecule has 0 radical (unpaired) electrons. The number of alkyl halides is 2. The summed E-state index contributed by atoms with van der Waals surface area (Å²) in [6.45, 7) is 7.36. The number of benzene rings is 1. The molecule has 1 aliphatic heterocycles. The van der Waals surface area contributed by atoms with Gasteiger partial charge in [0.05, 0.1) is 36.7 Å². The van der Waals surface area contributed by atoms with E-state index in [-0.39, 0.29) is 19.2 Å². The van der Waals surface area contributed by atoms with Crippen LogP contribution < -0.4 is 10.1 Å². The summed E-state index contributed by atoms with van der Waals surface area (Å²) in [4.78, 5) is 11.7. The maximum absolute atomic E-state index is 13.2. The maximum Gasteiger partial charge on any atom is 0.251 e. The summed E-state index contributed by atoms with van der Waals surface area (Å²) in [5.41, 5.74) is 4.75. The Bertz CT molecular complexity index is 1220. The number of aryl methyl sites for hydroxylation is 3. The lowest BCUT2D eigenvalue weighted by Gasteiger charge is -2.35. The van der Waals surface area contributed by atoms with Crippen LogP contribution in [0.1, 0.15) is 29.1 Å². The SMILES string of the molecule is CNCC(O)COc1cccc(-c2nc(CC[C@H]3COCCN3CC(F)F)c(C)c(-c3c(C)noc3C)n2)c1. The van der Waals surface area contributed by atoms with Crippen LogP contribution in [0.5, 0.6) is 5.75 Å². The van der Waals surface area contributed by atoms with E-state index in [1.54, 1.807) is 7.05 Å². The zero-order valence-corrected chi connectivity index (χ0v) is 22.9. The number of hydrogen-bond donors (Lipinski definition) is 2. The Morgan fingerprint density at radius 3 is 2.77 bits per heavy atom. The number of likely N-dealkylation sites (N-methyl/N-ethyl adjacent to an activating group) is 1. The standard InChI is InChI=1S/C28H37F2N5O4/c1-17-24(9-8-21-15-37-11-10-35(21)14-25(29)30)32-28(33-27(17)26-18(2)34-39-19(26)3)20-6-5-7-23(12-20)38-16-22(36)13-31-4/h5-7,12,21-22,25,31,36H,8-11,13-16H2,1-4H3/t21-,22?/m0/s1. The number of rotatable bonds is 12. The molecule has 1 unspecified atom stereocenters. The first kappa shape index (κ1) is 29.0. The fourth-order valence-electron chi connectivity index (χ4n) is 4.89. The molecule has 0 spiro atoms.